The fourth-order valence-corrected chi connectivity index (χ4v) is 2.07. The number of nitrogens with zero attached hydrogens (tertiary/aromatic N) is 2. The van der Waals surface area contributed by atoms with Crippen LogP contribution in [0.2, 0.25) is 0 Å². The molecule has 1 aliphatic heterocycles. The molecule has 0 radical (unpaired) electrons. The average molecular weight is 265 g/mol. The molecule has 0 aromatic rings. The first-order valence-electron chi connectivity index (χ1n) is 5.44. The molecule has 2 amide bonds. The molecule has 0 bridgehead atoms. The van der Waals surface area contributed by atoms with E-state index in [2.05, 4.69) is 5.32 Å². The Balaban J connectivity index is 2.29. The van der Waals surface area contributed by atoms with E-state index in [1.54, 1.807) is 4.90 Å². The number of nitrogens with one attached hydrogen (secondary N) is 1. The molecule has 1 heterocycles. The Kier molecular flexibility index (Phi) is 5.16. The number of morpholine rings is 1. The molecule has 1 N–H and O–H groups in total. The number of sulfonamides is 1. The number of urea groups is 1. The Morgan fingerprint density at radius 1 is 1.35 bits per heavy atom. The van der Waals surface area contributed by atoms with Crippen molar-refractivity contribution in [3.05, 3.63) is 0 Å². The van der Waals surface area contributed by atoms with Gasteiger partial charge in [-0.05, 0) is 0 Å². The summed E-state index contributed by atoms with van der Waals surface area (Å²) in [5.74, 6) is -0.0872. The van der Waals surface area contributed by atoms with E-state index in [-0.39, 0.29) is 18.3 Å². The molecular weight excluding hydrogens is 246 g/mol. The van der Waals surface area contributed by atoms with Crippen molar-refractivity contribution in [2.24, 2.45) is 0 Å². The van der Waals surface area contributed by atoms with Gasteiger partial charge in [-0.3, -0.25) is 0 Å². The number of hydrogen-bond acceptors (Lipinski definition) is 4. The number of rotatable bonds is 4. The van der Waals surface area contributed by atoms with Crippen LogP contribution in [0.3, 0.4) is 0 Å². The number of carbonyl (C=O) groups is 1. The maximum absolute atomic E-state index is 11.6. The Morgan fingerprint density at radius 2 is 1.94 bits per heavy atom. The van der Waals surface area contributed by atoms with Crippen LogP contribution in [-0.4, -0.2) is 76.4 Å². The van der Waals surface area contributed by atoms with Gasteiger partial charge in [0.1, 0.15) is 0 Å². The van der Waals surface area contributed by atoms with E-state index in [1.165, 1.54) is 14.1 Å². The third kappa shape index (κ3) is 4.49. The summed E-state index contributed by atoms with van der Waals surface area (Å²) in [7, 11) is -0.306. The van der Waals surface area contributed by atoms with Crippen molar-refractivity contribution >= 4 is 16.1 Å². The molecule has 0 aliphatic carbocycles. The van der Waals surface area contributed by atoms with Crippen LogP contribution in [0.25, 0.3) is 0 Å². The zero-order chi connectivity index (χ0) is 12.9. The quantitative estimate of drug-likeness (QED) is 0.701. The van der Waals surface area contributed by atoms with Crippen LogP contribution in [0, 0.1) is 0 Å². The Morgan fingerprint density at radius 3 is 2.47 bits per heavy atom. The van der Waals surface area contributed by atoms with E-state index in [0.29, 0.717) is 26.3 Å². The van der Waals surface area contributed by atoms with Crippen LogP contribution in [0.5, 0.6) is 0 Å². The van der Waals surface area contributed by atoms with Crippen molar-refractivity contribution in [3.63, 3.8) is 0 Å². The molecule has 7 nitrogen and oxygen atoms in total. The largest absolute Gasteiger partial charge is 0.378 e. The molecule has 1 rings (SSSR count). The fourth-order valence-electron chi connectivity index (χ4n) is 1.35. The predicted molar refractivity (Wildman–Crippen MR) is 63.3 cm³/mol. The SMILES string of the molecule is CN(C)S(=O)(=O)CCNC(=O)N1CCOCC1. The molecule has 0 saturated carbocycles. The first-order valence-corrected chi connectivity index (χ1v) is 7.05. The molecule has 0 unspecified atom stereocenters. The topological polar surface area (TPSA) is 79.0 Å². The number of amides is 2. The van der Waals surface area contributed by atoms with E-state index in [1.807, 2.05) is 0 Å². The predicted octanol–water partition coefficient (Wildman–Crippen LogP) is -1.08. The van der Waals surface area contributed by atoms with Gasteiger partial charge in [0, 0.05) is 33.7 Å². The maximum Gasteiger partial charge on any atom is 0.317 e. The average Bonchev–Trinajstić information content (AvgIpc) is 2.29. The molecular formula is C9H19N3O4S. The van der Waals surface area contributed by atoms with Gasteiger partial charge >= 0.3 is 6.03 Å². The van der Waals surface area contributed by atoms with Gasteiger partial charge in [0.25, 0.3) is 0 Å². The number of hydrogen-bond donors (Lipinski definition) is 1. The van der Waals surface area contributed by atoms with Crippen molar-refractivity contribution in [2.45, 2.75) is 0 Å². The van der Waals surface area contributed by atoms with Crippen LogP contribution in [0.1, 0.15) is 0 Å². The van der Waals surface area contributed by atoms with Crippen LogP contribution in [-0.2, 0) is 14.8 Å². The van der Waals surface area contributed by atoms with Crippen molar-refractivity contribution < 1.29 is 17.9 Å². The summed E-state index contributed by atoms with van der Waals surface area (Å²) in [5, 5.41) is 2.59. The highest BCUT2D eigenvalue weighted by Crippen LogP contribution is 1.97. The molecule has 0 spiro atoms. The smallest absolute Gasteiger partial charge is 0.317 e. The van der Waals surface area contributed by atoms with Crippen molar-refractivity contribution in [1.29, 1.82) is 0 Å². The normalized spacial score (nSPS) is 17.2. The van der Waals surface area contributed by atoms with E-state index in [9.17, 15) is 13.2 Å². The minimum atomic E-state index is -3.25. The van der Waals surface area contributed by atoms with Crippen molar-refractivity contribution in [1.82, 2.24) is 14.5 Å². The van der Waals surface area contributed by atoms with Crippen LogP contribution in [0.4, 0.5) is 4.79 Å². The highest BCUT2D eigenvalue weighted by atomic mass is 32.2. The zero-order valence-corrected chi connectivity index (χ0v) is 11.0. The van der Waals surface area contributed by atoms with E-state index in [4.69, 9.17) is 4.74 Å². The Hall–Kier alpha value is -0.860. The summed E-state index contributed by atoms with van der Waals surface area (Å²) in [5.41, 5.74) is 0. The molecule has 1 fully saturated rings. The van der Waals surface area contributed by atoms with Gasteiger partial charge < -0.3 is 15.0 Å². The second-order valence-corrected chi connectivity index (χ2v) is 6.23. The second kappa shape index (κ2) is 6.18. The number of ether oxygens (including phenoxy) is 1. The van der Waals surface area contributed by atoms with Crippen LogP contribution >= 0.6 is 0 Å². The molecule has 0 aromatic carbocycles. The number of carbonyl (C=O) groups excluding carboxylic acids is 1. The lowest BCUT2D eigenvalue weighted by Gasteiger charge is -2.27. The first-order chi connectivity index (χ1) is 7.93. The van der Waals surface area contributed by atoms with Crippen LogP contribution in [0.15, 0.2) is 0 Å². The molecule has 0 atom stereocenters. The van der Waals surface area contributed by atoms with E-state index < -0.39 is 10.0 Å². The van der Waals surface area contributed by atoms with E-state index >= 15 is 0 Å². The molecule has 8 heteroatoms. The van der Waals surface area contributed by atoms with Crippen LogP contribution < -0.4 is 5.32 Å². The Labute approximate surface area is 102 Å². The highest BCUT2D eigenvalue weighted by Gasteiger charge is 2.18. The molecule has 100 valence electrons. The maximum atomic E-state index is 11.6. The third-order valence-corrected chi connectivity index (χ3v) is 4.32. The minimum Gasteiger partial charge on any atom is -0.378 e. The van der Waals surface area contributed by atoms with E-state index in [0.717, 1.165) is 4.31 Å². The molecule has 0 aromatic heterocycles. The summed E-state index contributed by atoms with van der Waals surface area (Å²) in [6.07, 6.45) is 0. The lowest BCUT2D eigenvalue weighted by molar-refractivity contribution is 0.0533. The van der Waals surface area contributed by atoms with Gasteiger partial charge in [-0.25, -0.2) is 17.5 Å². The lowest BCUT2D eigenvalue weighted by atomic mass is 10.4. The summed E-state index contributed by atoms with van der Waals surface area (Å²) in [6, 6.07) is -0.234. The van der Waals surface area contributed by atoms with Gasteiger partial charge in [0.15, 0.2) is 0 Å². The Bertz CT molecular complexity index is 349. The summed E-state index contributed by atoms with van der Waals surface area (Å²) in [4.78, 5) is 13.2. The highest BCUT2D eigenvalue weighted by molar-refractivity contribution is 7.89. The summed E-state index contributed by atoms with van der Waals surface area (Å²) in [6.45, 7) is 2.28. The summed E-state index contributed by atoms with van der Waals surface area (Å²) < 4.78 is 29.1. The van der Waals surface area contributed by atoms with Gasteiger partial charge in [-0.1, -0.05) is 0 Å². The minimum absolute atomic E-state index is 0.0872. The second-order valence-electron chi connectivity index (χ2n) is 3.93. The van der Waals surface area contributed by atoms with Gasteiger partial charge in [0.2, 0.25) is 10.0 Å². The van der Waals surface area contributed by atoms with Gasteiger partial charge in [0.05, 0.1) is 19.0 Å². The molecule has 1 aliphatic rings. The molecule has 1 saturated heterocycles. The zero-order valence-electron chi connectivity index (χ0n) is 10.2. The van der Waals surface area contributed by atoms with Crippen molar-refractivity contribution in [2.75, 3.05) is 52.7 Å². The standard InChI is InChI=1S/C9H19N3O4S/c1-11(2)17(14,15)8-3-10-9(13)12-4-6-16-7-5-12/h3-8H2,1-2H3,(H,10,13). The van der Waals surface area contributed by atoms with Crippen molar-refractivity contribution in [3.8, 4) is 0 Å². The summed E-state index contributed by atoms with van der Waals surface area (Å²) >= 11 is 0. The third-order valence-electron chi connectivity index (χ3n) is 2.49. The van der Waals surface area contributed by atoms with Gasteiger partial charge in [-0.2, -0.15) is 0 Å². The fraction of sp³-hybridized carbons (Fsp3) is 0.889. The first kappa shape index (κ1) is 14.2. The molecule has 17 heavy (non-hydrogen) atoms. The van der Waals surface area contributed by atoms with Gasteiger partial charge in [-0.15, -0.1) is 0 Å². The monoisotopic (exact) mass is 265 g/mol. The lowest BCUT2D eigenvalue weighted by Crippen LogP contribution is -2.47.